The van der Waals surface area contributed by atoms with E-state index in [4.69, 9.17) is 10.2 Å². The van der Waals surface area contributed by atoms with Gasteiger partial charge in [0.1, 0.15) is 0 Å². The largest absolute Gasteiger partial charge is 0.478 e. The van der Waals surface area contributed by atoms with Crippen molar-refractivity contribution in [2.24, 2.45) is 0 Å². The SMILES string of the molecule is CCOC(C)=O.O=C(O)/C=C/C(=O)O. The van der Waals surface area contributed by atoms with Gasteiger partial charge >= 0.3 is 17.9 Å². The second-order valence-electron chi connectivity index (χ2n) is 1.93. The molecule has 0 saturated carbocycles. The number of hydrogen-bond acceptors (Lipinski definition) is 4. The molecule has 2 N–H and O–H groups in total. The Bertz CT molecular complexity index is 214. The molecule has 0 aliphatic rings. The highest BCUT2D eigenvalue weighted by atomic mass is 16.5. The van der Waals surface area contributed by atoms with Crippen LogP contribution in [0.3, 0.4) is 0 Å². The number of esters is 1. The lowest BCUT2D eigenvalue weighted by Crippen LogP contribution is -1.95. The fourth-order valence-corrected chi connectivity index (χ4v) is 0.346. The van der Waals surface area contributed by atoms with Crippen LogP contribution >= 0.6 is 0 Å². The van der Waals surface area contributed by atoms with Crippen molar-refractivity contribution in [3.63, 3.8) is 0 Å². The van der Waals surface area contributed by atoms with Gasteiger partial charge in [-0.15, -0.1) is 0 Å². The number of carboxylic acids is 2. The molecule has 0 saturated heterocycles. The van der Waals surface area contributed by atoms with E-state index in [9.17, 15) is 14.4 Å². The van der Waals surface area contributed by atoms with Crippen molar-refractivity contribution in [1.82, 2.24) is 0 Å². The van der Waals surface area contributed by atoms with E-state index >= 15 is 0 Å². The van der Waals surface area contributed by atoms with E-state index in [-0.39, 0.29) is 5.97 Å². The van der Waals surface area contributed by atoms with Gasteiger partial charge in [0, 0.05) is 19.1 Å². The molecule has 0 aromatic carbocycles. The zero-order valence-corrected chi connectivity index (χ0v) is 7.89. The van der Waals surface area contributed by atoms with Crippen molar-refractivity contribution >= 4 is 17.9 Å². The van der Waals surface area contributed by atoms with Crippen LogP contribution in [0.25, 0.3) is 0 Å². The first kappa shape index (κ1) is 14.7. The number of carbonyl (C=O) groups excluding carboxylic acids is 1. The highest BCUT2D eigenvalue weighted by molar-refractivity contribution is 5.89. The molecule has 0 unspecified atom stereocenters. The Hall–Kier alpha value is -1.85. The molecule has 80 valence electrons. The van der Waals surface area contributed by atoms with Crippen LogP contribution in [0.15, 0.2) is 12.2 Å². The maximum atomic E-state index is 9.82. The summed E-state index contributed by atoms with van der Waals surface area (Å²) in [5.74, 6) is -2.72. The number of rotatable bonds is 3. The molecule has 6 nitrogen and oxygen atoms in total. The van der Waals surface area contributed by atoms with Gasteiger partial charge in [0.2, 0.25) is 0 Å². The van der Waals surface area contributed by atoms with Crippen molar-refractivity contribution in [3.05, 3.63) is 12.2 Å². The van der Waals surface area contributed by atoms with Crippen LogP contribution in [0.4, 0.5) is 0 Å². The Morgan fingerprint density at radius 2 is 1.50 bits per heavy atom. The van der Waals surface area contributed by atoms with Crippen LogP contribution in [0.5, 0.6) is 0 Å². The molecule has 0 aromatic heterocycles. The molecule has 0 spiro atoms. The minimum atomic E-state index is -1.26. The quantitative estimate of drug-likeness (QED) is 0.505. The first-order valence-corrected chi connectivity index (χ1v) is 3.67. The minimum Gasteiger partial charge on any atom is -0.478 e. The second-order valence-corrected chi connectivity index (χ2v) is 1.93. The van der Waals surface area contributed by atoms with Gasteiger partial charge in [0.15, 0.2) is 0 Å². The van der Waals surface area contributed by atoms with Gasteiger partial charge in [0.05, 0.1) is 6.61 Å². The molecule has 0 atom stereocenters. The molecule has 0 fully saturated rings. The van der Waals surface area contributed by atoms with E-state index in [1.807, 2.05) is 0 Å². The van der Waals surface area contributed by atoms with Crippen LogP contribution < -0.4 is 0 Å². The van der Waals surface area contributed by atoms with Gasteiger partial charge in [-0.3, -0.25) is 4.79 Å². The molecule has 6 heteroatoms. The number of aliphatic carboxylic acids is 2. The smallest absolute Gasteiger partial charge is 0.328 e. The zero-order valence-electron chi connectivity index (χ0n) is 7.89. The Morgan fingerprint density at radius 1 is 1.14 bits per heavy atom. The van der Waals surface area contributed by atoms with E-state index in [1.165, 1.54) is 6.92 Å². The summed E-state index contributed by atoms with van der Waals surface area (Å²) in [5, 5.41) is 15.6. The second kappa shape index (κ2) is 9.24. The molecule has 0 aromatic rings. The molecule has 0 amide bonds. The average molecular weight is 204 g/mol. The fourth-order valence-electron chi connectivity index (χ4n) is 0.346. The summed E-state index contributed by atoms with van der Waals surface area (Å²) in [4.78, 5) is 28.9. The molecule has 0 aliphatic heterocycles. The lowest BCUT2D eigenvalue weighted by atomic mass is 10.5. The van der Waals surface area contributed by atoms with Gasteiger partial charge in [-0.2, -0.15) is 0 Å². The average Bonchev–Trinajstić information content (AvgIpc) is 2.01. The summed E-state index contributed by atoms with van der Waals surface area (Å²) in [6.07, 6.45) is 1.12. The third-order valence-electron chi connectivity index (χ3n) is 0.716. The molecule has 0 rings (SSSR count). The summed E-state index contributed by atoms with van der Waals surface area (Å²) in [5.41, 5.74) is 0. The number of carbonyl (C=O) groups is 3. The maximum absolute atomic E-state index is 9.82. The molecular weight excluding hydrogens is 192 g/mol. The van der Waals surface area contributed by atoms with Crippen molar-refractivity contribution < 1.29 is 29.3 Å². The van der Waals surface area contributed by atoms with Crippen LogP contribution in [-0.4, -0.2) is 34.7 Å². The third-order valence-corrected chi connectivity index (χ3v) is 0.716. The highest BCUT2D eigenvalue weighted by Gasteiger charge is 1.88. The van der Waals surface area contributed by atoms with Gasteiger partial charge in [-0.05, 0) is 6.92 Å². The van der Waals surface area contributed by atoms with Crippen LogP contribution in [-0.2, 0) is 19.1 Å². The summed E-state index contributed by atoms with van der Waals surface area (Å²) in [7, 11) is 0. The Labute approximate surface area is 80.8 Å². The maximum Gasteiger partial charge on any atom is 0.328 e. The third kappa shape index (κ3) is 22.5. The van der Waals surface area contributed by atoms with Gasteiger partial charge in [-0.25, -0.2) is 9.59 Å². The highest BCUT2D eigenvalue weighted by Crippen LogP contribution is 1.70. The zero-order chi connectivity index (χ0) is 11.6. The van der Waals surface area contributed by atoms with Gasteiger partial charge in [0.25, 0.3) is 0 Å². The summed E-state index contributed by atoms with van der Waals surface area (Å²) in [6.45, 7) is 3.65. The first-order chi connectivity index (χ1) is 6.40. The Morgan fingerprint density at radius 3 is 1.57 bits per heavy atom. The van der Waals surface area contributed by atoms with Crippen molar-refractivity contribution in [3.8, 4) is 0 Å². The van der Waals surface area contributed by atoms with Crippen LogP contribution in [0, 0.1) is 0 Å². The van der Waals surface area contributed by atoms with Crippen LogP contribution in [0.2, 0.25) is 0 Å². The molecule has 0 aliphatic carbocycles. The lowest BCUT2D eigenvalue weighted by molar-refractivity contribution is -0.140. The fraction of sp³-hybridized carbons (Fsp3) is 0.375. The van der Waals surface area contributed by atoms with Crippen molar-refractivity contribution in [2.75, 3.05) is 6.61 Å². The summed E-state index contributed by atoms with van der Waals surface area (Å²) < 4.78 is 4.40. The number of carboxylic acid groups (broad SMARTS) is 2. The van der Waals surface area contributed by atoms with E-state index in [2.05, 4.69) is 4.74 Å². The number of hydrogen-bond donors (Lipinski definition) is 2. The Balaban J connectivity index is 0. The normalized spacial score (nSPS) is 8.71. The van der Waals surface area contributed by atoms with Crippen LogP contribution in [0.1, 0.15) is 13.8 Å². The summed E-state index contributed by atoms with van der Waals surface area (Å²) in [6, 6.07) is 0. The molecule has 14 heavy (non-hydrogen) atoms. The molecule has 0 heterocycles. The number of ether oxygens (including phenoxy) is 1. The molecular formula is C8H12O6. The van der Waals surface area contributed by atoms with Gasteiger partial charge < -0.3 is 14.9 Å². The lowest BCUT2D eigenvalue weighted by Gasteiger charge is -1.89. The van der Waals surface area contributed by atoms with E-state index in [0.29, 0.717) is 18.8 Å². The van der Waals surface area contributed by atoms with E-state index < -0.39 is 11.9 Å². The van der Waals surface area contributed by atoms with Crippen molar-refractivity contribution in [1.29, 1.82) is 0 Å². The van der Waals surface area contributed by atoms with E-state index in [1.54, 1.807) is 6.92 Å². The minimum absolute atomic E-state index is 0.211. The van der Waals surface area contributed by atoms with Crippen molar-refractivity contribution in [2.45, 2.75) is 13.8 Å². The first-order valence-electron chi connectivity index (χ1n) is 3.67. The standard InChI is InChI=1S/C4H4O4.C4H8O2/c5-3(6)1-2-4(7)8;1-3-6-4(2)5/h1-2H,(H,5,6)(H,7,8);3H2,1-2H3/b2-1+;. The predicted molar refractivity (Wildman–Crippen MR) is 46.7 cm³/mol. The molecule has 0 bridgehead atoms. The topological polar surface area (TPSA) is 101 Å². The molecule has 0 radical (unpaired) electrons. The summed E-state index contributed by atoms with van der Waals surface area (Å²) >= 11 is 0. The van der Waals surface area contributed by atoms with E-state index in [0.717, 1.165) is 0 Å². The predicted octanol–water partition coefficient (Wildman–Crippen LogP) is 0.281. The monoisotopic (exact) mass is 204 g/mol. The Kier molecular flexibility index (Phi) is 9.68. The van der Waals surface area contributed by atoms with Gasteiger partial charge in [-0.1, -0.05) is 0 Å².